The molecule has 2 heterocycles. The zero-order valence-electron chi connectivity index (χ0n) is 9.92. The van der Waals surface area contributed by atoms with Gasteiger partial charge in [-0.1, -0.05) is 0 Å². The summed E-state index contributed by atoms with van der Waals surface area (Å²) in [4.78, 5) is 14.3. The molecular weight excluding hydrogens is 232 g/mol. The zero-order valence-corrected chi connectivity index (χ0v) is 10.7. The summed E-state index contributed by atoms with van der Waals surface area (Å²) in [5, 5.41) is 6.43. The Morgan fingerprint density at radius 3 is 3.18 bits per heavy atom. The quantitative estimate of drug-likeness (QED) is 0.857. The molecule has 0 radical (unpaired) electrons. The van der Waals surface area contributed by atoms with Crippen LogP contribution in [0, 0.1) is 0 Å². The predicted octanol–water partition coefficient (Wildman–Crippen LogP) is 1.72. The lowest BCUT2D eigenvalue weighted by Gasteiger charge is -2.10. The van der Waals surface area contributed by atoms with Crippen molar-refractivity contribution in [3.63, 3.8) is 0 Å². The van der Waals surface area contributed by atoms with Crippen molar-refractivity contribution >= 4 is 17.2 Å². The summed E-state index contributed by atoms with van der Waals surface area (Å²) < 4.78 is 0. The van der Waals surface area contributed by atoms with E-state index in [-0.39, 0.29) is 5.91 Å². The standard InChI is InChI=1S/C13H18N2OS/c16-13(15-8-10-4-2-6-14-10)12-7-9-3-1-5-11(9)17-12/h7,10,14H,1-6,8H2,(H,15,16). The molecule has 0 saturated carbocycles. The van der Waals surface area contributed by atoms with Gasteiger partial charge in [-0.3, -0.25) is 4.79 Å². The number of rotatable bonds is 3. The summed E-state index contributed by atoms with van der Waals surface area (Å²) in [6, 6.07) is 2.57. The lowest BCUT2D eigenvalue weighted by Crippen LogP contribution is -2.36. The fourth-order valence-electron chi connectivity index (χ4n) is 2.67. The molecule has 4 heteroatoms. The Hall–Kier alpha value is -0.870. The van der Waals surface area contributed by atoms with Gasteiger partial charge in [0.1, 0.15) is 0 Å². The second-order valence-corrected chi connectivity index (χ2v) is 6.05. The van der Waals surface area contributed by atoms with Crippen LogP contribution < -0.4 is 10.6 Å². The van der Waals surface area contributed by atoms with Gasteiger partial charge in [-0.15, -0.1) is 11.3 Å². The molecule has 2 N–H and O–H groups in total. The van der Waals surface area contributed by atoms with E-state index in [4.69, 9.17) is 0 Å². The number of aryl methyl sites for hydroxylation is 2. The Morgan fingerprint density at radius 2 is 2.41 bits per heavy atom. The van der Waals surface area contributed by atoms with Gasteiger partial charge < -0.3 is 10.6 Å². The molecule has 0 aromatic carbocycles. The van der Waals surface area contributed by atoms with Crippen molar-refractivity contribution in [1.82, 2.24) is 10.6 Å². The molecular formula is C13H18N2OS. The van der Waals surface area contributed by atoms with Crippen molar-refractivity contribution in [1.29, 1.82) is 0 Å². The number of carbonyl (C=O) groups excluding carboxylic acids is 1. The van der Waals surface area contributed by atoms with Gasteiger partial charge in [-0.05, 0) is 50.3 Å². The van der Waals surface area contributed by atoms with Crippen LogP contribution in [0.3, 0.4) is 0 Å². The van der Waals surface area contributed by atoms with Gasteiger partial charge in [0.05, 0.1) is 4.88 Å². The van der Waals surface area contributed by atoms with Gasteiger partial charge >= 0.3 is 0 Å². The largest absolute Gasteiger partial charge is 0.350 e. The van der Waals surface area contributed by atoms with Crippen LogP contribution in [0.4, 0.5) is 0 Å². The van der Waals surface area contributed by atoms with E-state index < -0.39 is 0 Å². The first-order valence-corrected chi connectivity index (χ1v) is 7.28. The smallest absolute Gasteiger partial charge is 0.261 e. The Morgan fingerprint density at radius 1 is 1.47 bits per heavy atom. The average molecular weight is 250 g/mol. The van der Waals surface area contributed by atoms with Crippen molar-refractivity contribution in [2.24, 2.45) is 0 Å². The van der Waals surface area contributed by atoms with E-state index in [1.54, 1.807) is 11.3 Å². The summed E-state index contributed by atoms with van der Waals surface area (Å²) in [6.07, 6.45) is 5.99. The van der Waals surface area contributed by atoms with Crippen LogP contribution in [0.2, 0.25) is 0 Å². The lowest BCUT2D eigenvalue weighted by molar-refractivity contribution is 0.0954. The highest BCUT2D eigenvalue weighted by molar-refractivity contribution is 7.14. The van der Waals surface area contributed by atoms with E-state index in [0.29, 0.717) is 6.04 Å². The monoisotopic (exact) mass is 250 g/mol. The molecule has 1 fully saturated rings. The fraction of sp³-hybridized carbons (Fsp3) is 0.615. The van der Waals surface area contributed by atoms with Crippen LogP contribution in [-0.4, -0.2) is 25.0 Å². The molecule has 1 aromatic rings. The van der Waals surface area contributed by atoms with E-state index in [9.17, 15) is 4.79 Å². The molecule has 1 saturated heterocycles. The van der Waals surface area contributed by atoms with Gasteiger partial charge in [0.25, 0.3) is 5.91 Å². The third-order valence-electron chi connectivity index (χ3n) is 3.64. The molecule has 0 spiro atoms. The maximum atomic E-state index is 12.0. The average Bonchev–Trinajstić information content (AvgIpc) is 3.01. The molecule has 3 nitrogen and oxygen atoms in total. The van der Waals surface area contributed by atoms with Gasteiger partial charge in [-0.25, -0.2) is 0 Å². The predicted molar refractivity (Wildman–Crippen MR) is 69.7 cm³/mol. The number of thiophene rings is 1. The van der Waals surface area contributed by atoms with E-state index >= 15 is 0 Å². The van der Waals surface area contributed by atoms with Crippen molar-refractivity contribution in [3.8, 4) is 0 Å². The second kappa shape index (κ2) is 4.78. The highest BCUT2D eigenvalue weighted by Gasteiger charge is 2.19. The van der Waals surface area contributed by atoms with Gasteiger partial charge in [0.2, 0.25) is 0 Å². The van der Waals surface area contributed by atoms with Crippen LogP contribution in [0.5, 0.6) is 0 Å². The van der Waals surface area contributed by atoms with Gasteiger partial charge in [0, 0.05) is 17.5 Å². The van der Waals surface area contributed by atoms with Crippen molar-refractivity contribution in [2.75, 3.05) is 13.1 Å². The lowest BCUT2D eigenvalue weighted by atomic mass is 10.2. The first-order valence-electron chi connectivity index (χ1n) is 6.46. The maximum absolute atomic E-state index is 12.0. The Kier molecular flexibility index (Phi) is 3.16. The summed E-state index contributed by atoms with van der Waals surface area (Å²) in [5.74, 6) is 0.109. The van der Waals surface area contributed by atoms with E-state index in [2.05, 4.69) is 16.7 Å². The minimum atomic E-state index is 0.109. The number of amides is 1. The molecule has 1 aromatic heterocycles. The molecule has 0 bridgehead atoms. The number of hydrogen-bond acceptors (Lipinski definition) is 3. The molecule has 92 valence electrons. The van der Waals surface area contributed by atoms with Crippen LogP contribution >= 0.6 is 11.3 Å². The third-order valence-corrected chi connectivity index (χ3v) is 4.88. The molecule has 1 unspecified atom stereocenters. The number of nitrogens with one attached hydrogen (secondary N) is 2. The highest BCUT2D eigenvalue weighted by atomic mass is 32.1. The van der Waals surface area contributed by atoms with Gasteiger partial charge in [0.15, 0.2) is 0 Å². The molecule has 1 aliphatic heterocycles. The molecule has 1 atom stereocenters. The number of fused-ring (bicyclic) bond motifs is 1. The Bertz CT molecular complexity index is 400. The van der Waals surface area contributed by atoms with Crippen LogP contribution in [0.1, 0.15) is 39.4 Å². The molecule has 1 amide bonds. The fourth-order valence-corrected chi connectivity index (χ4v) is 3.84. The minimum absolute atomic E-state index is 0.109. The molecule has 2 aliphatic rings. The van der Waals surface area contributed by atoms with E-state index in [1.807, 2.05) is 0 Å². The van der Waals surface area contributed by atoms with E-state index in [1.165, 1.54) is 29.7 Å². The van der Waals surface area contributed by atoms with Crippen molar-refractivity contribution in [3.05, 3.63) is 21.4 Å². The summed E-state index contributed by atoms with van der Waals surface area (Å²) in [6.45, 7) is 1.86. The minimum Gasteiger partial charge on any atom is -0.350 e. The second-order valence-electron chi connectivity index (χ2n) is 4.92. The van der Waals surface area contributed by atoms with Crippen LogP contribution in [0.15, 0.2) is 6.07 Å². The summed E-state index contributed by atoms with van der Waals surface area (Å²) in [5.41, 5.74) is 1.40. The maximum Gasteiger partial charge on any atom is 0.261 e. The van der Waals surface area contributed by atoms with Crippen molar-refractivity contribution < 1.29 is 4.79 Å². The first kappa shape index (κ1) is 11.2. The normalized spacial score (nSPS) is 22.7. The van der Waals surface area contributed by atoms with Crippen LogP contribution in [0.25, 0.3) is 0 Å². The third kappa shape index (κ3) is 2.38. The number of carbonyl (C=O) groups is 1. The first-order chi connectivity index (χ1) is 8.33. The molecule has 17 heavy (non-hydrogen) atoms. The molecule has 1 aliphatic carbocycles. The summed E-state index contributed by atoms with van der Waals surface area (Å²) >= 11 is 1.68. The summed E-state index contributed by atoms with van der Waals surface area (Å²) in [7, 11) is 0. The SMILES string of the molecule is O=C(NCC1CCCN1)c1cc2c(s1)CCC2. The van der Waals surface area contributed by atoms with Gasteiger partial charge in [-0.2, -0.15) is 0 Å². The number of hydrogen-bond donors (Lipinski definition) is 2. The topological polar surface area (TPSA) is 41.1 Å². The zero-order chi connectivity index (χ0) is 11.7. The van der Waals surface area contributed by atoms with Crippen molar-refractivity contribution in [2.45, 2.75) is 38.1 Å². The Balaban J connectivity index is 1.57. The molecule has 3 rings (SSSR count). The van der Waals surface area contributed by atoms with Crippen LogP contribution in [-0.2, 0) is 12.8 Å². The van der Waals surface area contributed by atoms with E-state index in [0.717, 1.165) is 30.8 Å². The highest BCUT2D eigenvalue weighted by Crippen LogP contribution is 2.30. The Labute approximate surface area is 106 Å².